The van der Waals surface area contributed by atoms with E-state index < -0.39 is 11.9 Å². The van der Waals surface area contributed by atoms with Crippen LogP contribution in [-0.2, 0) is 5.41 Å². The zero-order valence-corrected chi connectivity index (χ0v) is 19.2. The molecule has 0 spiro atoms. The highest BCUT2D eigenvalue weighted by Gasteiger charge is 2.20. The molecule has 0 unspecified atom stereocenters. The summed E-state index contributed by atoms with van der Waals surface area (Å²) >= 11 is 0. The standard InChI is InChI=1S/C24H24N4O6/c1-24(2,3)21-11-16(26-27-21)22(29)28-25-12-14-5-7-18(19(9-14)31-4)34-23(30)15-6-8-17-20(10-15)33-13-32-17/h5-12H,13H2,1-4H3,(H,26,27)(H,28,29). The molecule has 3 aromatic rings. The Morgan fingerprint density at radius 2 is 1.88 bits per heavy atom. The van der Waals surface area contributed by atoms with Crippen molar-refractivity contribution in [1.29, 1.82) is 0 Å². The highest BCUT2D eigenvalue weighted by Crippen LogP contribution is 2.34. The van der Waals surface area contributed by atoms with Gasteiger partial charge in [0.2, 0.25) is 6.79 Å². The second-order valence-corrected chi connectivity index (χ2v) is 8.48. The molecule has 0 saturated heterocycles. The van der Waals surface area contributed by atoms with Gasteiger partial charge in [-0.1, -0.05) is 20.8 Å². The molecule has 1 aliphatic rings. The Bertz CT molecular complexity index is 1260. The molecule has 0 atom stereocenters. The molecule has 1 aromatic heterocycles. The fraction of sp³-hybridized carbons (Fsp3) is 0.250. The van der Waals surface area contributed by atoms with Crippen molar-refractivity contribution in [3.63, 3.8) is 0 Å². The summed E-state index contributed by atoms with van der Waals surface area (Å²) in [6.45, 7) is 6.17. The number of benzene rings is 2. The monoisotopic (exact) mass is 464 g/mol. The number of esters is 1. The lowest BCUT2D eigenvalue weighted by atomic mass is 9.92. The van der Waals surface area contributed by atoms with E-state index in [1.54, 1.807) is 42.5 Å². The minimum Gasteiger partial charge on any atom is -0.493 e. The van der Waals surface area contributed by atoms with Crippen LogP contribution in [0, 0.1) is 0 Å². The summed E-state index contributed by atoms with van der Waals surface area (Å²) in [4.78, 5) is 24.8. The van der Waals surface area contributed by atoms with Crippen molar-refractivity contribution in [1.82, 2.24) is 15.6 Å². The number of nitrogens with one attached hydrogen (secondary N) is 2. The van der Waals surface area contributed by atoms with Crippen LogP contribution in [-0.4, -0.2) is 42.2 Å². The van der Waals surface area contributed by atoms with E-state index in [0.29, 0.717) is 28.4 Å². The topological polar surface area (TPSA) is 124 Å². The summed E-state index contributed by atoms with van der Waals surface area (Å²) in [6.07, 6.45) is 1.45. The molecule has 0 fully saturated rings. The maximum absolute atomic E-state index is 12.6. The van der Waals surface area contributed by atoms with Gasteiger partial charge in [0.1, 0.15) is 0 Å². The van der Waals surface area contributed by atoms with Crippen molar-refractivity contribution in [2.45, 2.75) is 26.2 Å². The van der Waals surface area contributed by atoms with E-state index in [4.69, 9.17) is 18.9 Å². The van der Waals surface area contributed by atoms with Crippen LogP contribution in [0.1, 0.15) is 52.9 Å². The molecule has 2 N–H and O–H groups in total. The van der Waals surface area contributed by atoms with E-state index in [2.05, 4.69) is 20.7 Å². The van der Waals surface area contributed by atoms with Gasteiger partial charge < -0.3 is 18.9 Å². The smallest absolute Gasteiger partial charge is 0.343 e. The largest absolute Gasteiger partial charge is 0.493 e. The van der Waals surface area contributed by atoms with Gasteiger partial charge in [0.05, 0.1) is 18.9 Å². The number of methoxy groups -OCH3 is 1. The molecule has 0 bridgehead atoms. The third kappa shape index (κ3) is 5.01. The van der Waals surface area contributed by atoms with Gasteiger partial charge in [-0.2, -0.15) is 10.2 Å². The number of hydrogen-bond acceptors (Lipinski definition) is 8. The second-order valence-electron chi connectivity index (χ2n) is 8.48. The molecule has 176 valence electrons. The number of aromatic amines is 1. The minimum absolute atomic E-state index is 0.116. The molecule has 0 radical (unpaired) electrons. The second kappa shape index (κ2) is 9.26. The molecule has 10 nitrogen and oxygen atoms in total. The van der Waals surface area contributed by atoms with Crippen LogP contribution in [0.25, 0.3) is 0 Å². The van der Waals surface area contributed by atoms with Crippen LogP contribution in [0.15, 0.2) is 47.6 Å². The number of carbonyl (C=O) groups is 2. The third-order valence-electron chi connectivity index (χ3n) is 5.00. The summed E-state index contributed by atoms with van der Waals surface area (Å²) in [5.41, 5.74) is 4.31. The first-order chi connectivity index (χ1) is 16.2. The molecule has 10 heteroatoms. The van der Waals surface area contributed by atoms with E-state index >= 15 is 0 Å². The Labute approximate surface area is 195 Å². The van der Waals surface area contributed by atoms with Crippen LogP contribution in [0.3, 0.4) is 0 Å². The van der Waals surface area contributed by atoms with Crippen molar-refractivity contribution in [3.8, 4) is 23.0 Å². The first-order valence-electron chi connectivity index (χ1n) is 10.4. The number of carbonyl (C=O) groups excluding carboxylic acids is 2. The van der Waals surface area contributed by atoms with Crippen molar-refractivity contribution < 1.29 is 28.5 Å². The molecule has 2 aromatic carbocycles. The number of nitrogens with zero attached hydrogens (tertiary/aromatic N) is 2. The number of fused-ring (bicyclic) bond motifs is 1. The summed E-state index contributed by atoms with van der Waals surface area (Å²) in [5.74, 6) is 0.610. The van der Waals surface area contributed by atoms with E-state index in [-0.39, 0.29) is 23.7 Å². The quantitative estimate of drug-likeness (QED) is 0.248. The zero-order chi connectivity index (χ0) is 24.3. The van der Waals surface area contributed by atoms with Gasteiger partial charge in [-0.3, -0.25) is 9.89 Å². The Balaban J connectivity index is 1.40. The first kappa shape index (κ1) is 22.8. The fourth-order valence-electron chi connectivity index (χ4n) is 3.08. The van der Waals surface area contributed by atoms with Gasteiger partial charge in [0.15, 0.2) is 28.7 Å². The van der Waals surface area contributed by atoms with Crippen LogP contribution in [0.4, 0.5) is 0 Å². The lowest BCUT2D eigenvalue weighted by Gasteiger charge is -2.14. The van der Waals surface area contributed by atoms with Crippen molar-refractivity contribution in [3.05, 3.63) is 65.0 Å². The number of rotatable bonds is 6. The number of amides is 1. The fourth-order valence-corrected chi connectivity index (χ4v) is 3.08. The number of aromatic nitrogens is 2. The predicted octanol–water partition coefficient (Wildman–Crippen LogP) is 3.43. The molecule has 0 aliphatic carbocycles. The highest BCUT2D eigenvalue weighted by molar-refractivity contribution is 5.94. The third-order valence-corrected chi connectivity index (χ3v) is 5.00. The number of hydrogen-bond donors (Lipinski definition) is 2. The maximum atomic E-state index is 12.6. The van der Waals surface area contributed by atoms with Crippen LogP contribution < -0.4 is 24.4 Å². The van der Waals surface area contributed by atoms with E-state index in [0.717, 1.165) is 5.69 Å². The van der Waals surface area contributed by atoms with Gasteiger partial charge in [-0.15, -0.1) is 0 Å². The van der Waals surface area contributed by atoms with E-state index in [1.165, 1.54) is 13.3 Å². The highest BCUT2D eigenvalue weighted by atomic mass is 16.7. The Morgan fingerprint density at radius 3 is 2.62 bits per heavy atom. The lowest BCUT2D eigenvalue weighted by Crippen LogP contribution is -2.18. The summed E-state index contributed by atoms with van der Waals surface area (Å²) in [7, 11) is 1.46. The summed E-state index contributed by atoms with van der Waals surface area (Å²) < 4.78 is 21.4. The Kier molecular flexibility index (Phi) is 6.22. The van der Waals surface area contributed by atoms with Crippen molar-refractivity contribution >= 4 is 18.1 Å². The molecule has 4 rings (SSSR count). The Hall–Kier alpha value is -4.34. The average molecular weight is 464 g/mol. The van der Waals surface area contributed by atoms with E-state index in [9.17, 15) is 9.59 Å². The van der Waals surface area contributed by atoms with Gasteiger partial charge in [-0.05, 0) is 48.0 Å². The van der Waals surface area contributed by atoms with Gasteiger partial charge in [-0.25, -0.2) is 10.2 Å². The molecular weight excluding hydrogens is 440 g/mol. The van der Waals surface area contributed by atoms with E-state index in [1.807, 2.05) is 20.8 Å². The Morgan fingerprint density at radius 1 is 1.09 bits per heavy atom. The minimum atomic E-state index is -0.570. The van der Waals surface area contributed by atoms with Gasteiger partial charge in [0, 0.05) is 11.1 Å². The molecule has 0 saturated carbocycles. The summed E-state index contributed by atoms with van der Waals surface area (Å²) in [5, 5.41) is 10.9. The first-order valence-corrected chi connectivity index (χ1v) is 10.4. The maximum Gasteiger partial charge on any atom is 0.343 e. The predicted molar refractivity (Wildman–Crippen MR) is 123 cm³/mol. The normalized spacial score (nSPS) is 12.6. The molecule has 1 aliphatic heterocycles. The SMILES string of the molecule is COc1cc(C=NNC(=O)c2cc(C(C)(C)C)[nH]n2)ccc1OC(=O)c1ccc2c(c1)OCO2. The van der Waals surface area contributed by atoms with Gasteiger partial charge >= 0.3 is 5.97 Å². The number of ether oxygens (including phenoxy) is 4. The van der Waals surface area contributed by atoms with Crippen molar-refractivity contribution in [2.24, 2.45) is 5.10 Å². The zero-order valence-electron chi connectivity index (χ0n) is 19.2. The van der Waals surface area contributed by atoms with Crippen LogP contribution in [0.2, 0.25) is 0 Å². The van der Waals surface area contributed by atoms with Crippen LogP contribution >= 0.6 is 0 Å². The molecular formula is C24H24N4O6. The molecule has 1 amide bonds. The number of hydrazone groups is 1. The number of H-pyrrole nitrogens is 1. The average Bonchev–Trinajstić information content (AvgIpc) is 3.49. The van der Waals surface area contributed by atoms with Crippen molar-refractivity contribution in [2.75, 3.05) is 13.9 Å². The lowest BCUT2D eigenvalue weighted by molar-refractivity contribution is 0.0729. The molecule has 2 heterocycles. The van der Waals surface area contributed by atoms with Crippen LogP contribution in [0.5, 0.6) is 23.0 Å². The van der Waals surface area contributed by atoms with Gasteiger partial charge in [0.25, 0.3) is 5.91 Å². The molecule has 34 heavy (non-hydrogen) atoms. The summed E-state index contributed by atoms with van der Waals surface area (Å²) in [6, 6.07) is 11.4.